The molecule has 1 saturated heterocycles. The van der Waals surface area contributed by atoms with Gasteiger partial charge in [-0.1, -0.05) is 12.1 Å². The molecule has 2 N–H and O–H groups in total. The van der Waals surface area contributed by atoms with Crippen LogP contribution in [0.25, 0.3) is 33.6 Å². The molecular formula is C32H30BrN9O2. The highest BCUT2D eigenvalue weighted by atomic mass is 79.9. The molecule has 0 aliphatic carbocycles. The Morgan fingerprint density at radius 3 is 1.98 bits per heavy atom. The summed E-state index contributed by atoms with van der Waals surface area (Å²) >= 11 is 3.20. The lowest BCUT2D eigenvalue weighted by Crippen LogP contribution is -2.22. The Kier molecular flexibility index (Phi) is 8.31. The predicted molar refractivity (Wildman–Crippen MR) is 170 cm³/mol. The highest BCUT2D eigenvalue weighted by molar-refractivity contribution is 9.10. The summed E-state index contributed by atoms with van der Waals surface area (Å²) in [5, 5.41) is 18.2. The van der Waals surface area contributed by atoms with Gasteiger partial charge in [-0.05, 0) is 68.6 Å². The van der Waals surface area contributed by atoms with Crippen molar-refractivity contribution in [1.29, 1.82) is 10.5 Å². The largest absolute Gasteiger partial charge is 0.372 e. The minimum absolute atomic E-state index is 0.256. The number of aromatic nitrogens is 6. The molecule has 0 saturated carbocycles. The van der Waals surface area contributed by atoms with E-state index in [1.165, 1.54) is 18.5 Å². The number of Topliss-reactive ketones (excluding diaryl/α,β-unsaturated/α-hetero) is 2. The topological polar surface area (TPSA) is 168 Å². The van der Waals surface area contributed by atoms with Crippen LogP contribution in [-0.4, -0.2) is 54.6 Å². The summed E-state index contributed by atoms with van der Waals surface area (Å²) in [5.41, 5.74) is 3.54. The lowest BCUT2D eigenvalue weighted by atomic mass is 9.86. The molecule has 12 heteroatoms. The summed E-state index contributed by atoms with van der Waals surface area (Å²) in [6.45, 7) is 8.55. The van der Waals surface area contributed by atoms with Gasteiger partial charge in [-0.25, -0.2) is 19.9 Å². The summed E-state index contributed by atoms with van der Waals surface area (Å²) in [6, 6.07) is 12.3. The van der Waals surface area contributed by atoms with E-state index in [0.29, 0.717) is 43.8 Å². The number of nitriles is 2. The van der Waals surface area contributed by atoms with Gasteiger partial charge in [0.1, 0.15) is 26.5 Å². The van der Waals surface area contributed by atoms with E-state index >= 15 is 0 Å². The number of carbonyl (C=O) groups excluding carboxylic acids is 2. The van der Waals surface area contributed by atoms with Gasteiger partial charge in [-0.15, -0.1) is 0 Å². The van der Waals surface area contributed by atoms with Crippen LogP contribution in [0.1, 0.15) is 61.3 Å². The maximum Gasteiger partial charge on any atom is 0.186 e. The van der Waals surface area contributed by atoms with E-state index in [0.717, 1.165) is 18.7 Å². The predicted octanol–water partition coefficient (Wildman–Crippen LogP) is 6.41. The minimum atomic E-state index is -1.11. The van der Waals surface area contributed by atoms with Gasteiger partial charge >= 0.3 is 0 Å². The molecule has 1 aliphatic rings. The molecule has 0 atom stereocenters. The van der Waals surface area contributed by atoms with E-state index in [-0.39, 0.29) is 11.6 Å². The number of fused-ring (bicyclic) bond motifs is 2. The van der Waals surface area contributed by atoms with Crippen molar-refractivity contribution >= 4 is 55.5 Å². The number of benzene rings is 1. The number of hydrogen-bond acceptors (Lipinski definition) is 9. The van der Waals surface area contributed by atoms with Gasteiger partial charge < -0.3 is 14.9 Å². The maximum atomic E-state index is 12.7. The van der Waals surface area contributed by atoms with Gasteiger partial charge in [0.25, 0.3) is 0 Å². The SMILES string of the molecule is CC(C)(C#N)C(=O)c1c[nH]c2ncc(-c3cccc(N4CCCC4)c3)nc12.CC(C)(C#N)C(=O)c1c[nH]c2ncc(Br)nc12. The average molecular weight is 653 g/mol. The molecule has 6 rings (SSSR count). The van der Waals surface area contributed by atoms with Gasteiger partial charge in [0.15, 0.2) is 22.9 Å². The first-order valence-electron chi connectivity index (χ1n) is 14.1. The second-order valence-corrected chi connectivity index (χ2v) is 12.4. The first-order valence-corrected chi connectivity index (χ1v) is 14.9. The third kappa shape index (κ3) is 5.94. The molecular weight excluding hydrogens is 622 g/mol. The highest BCUT2D eigenvalue weighted by Gasteiger charge is 2.32. The Balaban J connectivity index is 0.000000195. The zero-order valence-electron chi connectivity index (χ0n) is 24.8. The van der Waals surface area contributed by atoms with Gasteiger partial charge in [0.2, 0.25) is 0 Å². The molecule has 11 nitrogen and oxygen atoms in total. The van der Waals surface area contributed by atoms with Crippen LogP contribution in [0.5, 0.6) is 0 Å². The summed E-state index contributed by atoms with van der Waals surface area (Å²) in [7, 11) is 0. The molecule has 5 heterocycles. The fraction of sp³-hybridized carbons (Fsp3) is 0.312. The van der Waals surface area contributed by atoms with Gasteiger partial charge in [-0.2, -0.15) is 10.5 Å². The summed E-state index contributed by atoms with van der Waals surface area (Å²) in [5.74, 6) is -0.521. The third-order valence-corrected chi connectivity index (χ3v) is 7.91. The summed E-state index contributed by atoms with van der Waals surface area (Å²) < 4.78 is 0.549. The van der Waals surface area contributed by atoms with Crippen LogP contribution in [0.15, 0.2) is 53.7 Å². The van der Waals surface area contributed by atoms with Crippen molar-refractivity contribution in [2.24, 2.45) is 10.8 Å². The highest BCUT2D eigenvalue weighted by Crippen LogP contribution is 2.29. The number of aromatic amines is 2. The van der Waals surface area contributed by atoms with Crippen LogP contribution >= 0.6 is 15.9 Å². The van der Waals surface area contributed by atoms with E-state index in [1.54, 1.807) is 52.5 Å². The van der Waals surface area contributed by atoms with Crippen molar-refractivity contribution in [3.8, 4) is 23.4 Å². The van der Waals surface area contributed by atoms with E-state index in [9.17, 15) is 14.9 Å². The molecule has 0 unspecified atom stereocenters. The van der Waals surface area contributed by atoms with Gasteiger partial charge in [0.05, 0.1) is 41.4 Å². The summed E-state index contributed by atoms with van der Waals surface area (Å²) in [6.07, 6.45) is 8.84. The van der Waals surface area contributed by atoms with Gasteiger partial charge in [-0.3, -0.25) is 9.59 Å². The standard InChI is InChI=1S/C21H21N5O.C11H9BrN4O/c1-21(2,13-22)19(27)16-11-23-20-18(16)25-17(12-24-20)14-6-5-7-15(10-14)26-8-3-4-9-26;1-11(2,5-13)9(17)6-3-14-10-8(6)16-7(12)4-15-10/h5-7,10-12H,3-4,8-9H2,1-2H3,(H,23,24);3-4H,1-2H3,(H,14,15). The van der Waals surface area contributed by atoms with Crippen LogP contribution < -0.4 is 4.90 Å². The molecule has 1 fully saturated rings. The Morgan fingerprint density at radius 2 is 1.41 bits per heavy atom. The molecule has 1 aromatic carbocycles. The van der Waals surface area contributed by atoms with Crippen molar-refractivity contribution < 1.29 is 9.59 Å². The lowest BCUT2D eigenvalue weighted by molar-refractivity contribution is 0.0886. The van der Waals surface area contributed by atoms with Crippen LogP contribution in [0.2, 0.25) is 0 Å². The summed E-state index contributed by atoms with van der Waals surface area (Å²) in [4.78, 5) is 50.5. The molecule has 4 aromatic heterocycles. The normalized spacial score (nSPS) is 13.3. The number of anilines is 1. The molecule has 222 valence electrons. The second-order valence-electron chi connectivity index (χ2n) is 11.6. The number of H-pyrrole nitrogens is 2. The van der Waals surface area contributed by atoms with E-state index in [4.69, 9.17) is 10.2 Å². The first-order chi connectivity index (χ1) is 20.9. The first kappa shape index (κ1) is 30.5. The monoisotopic (exact) mass is 651 g/mol. The Labute approximate surface area is 262 Å². The average Bonchev–Trinajstić information content (AvgIpc) is 3.80. The molecule has 5 aromatic rings. The van der Waals surface area contributed by atoms with Crippen molar-refractivity contribution in [3.63, 3.8) is 0 Å². The molecule has 0 spiro atoms. The molecule has 44 heavy (non-hydrogen) atoms. The fourth-order valence-electron chi connectivity index (χ4n) is 4.86. The van der Waals surface area contributed by atoms with Crippen LogP contribution in [0, 0.1) is 33.5 Å². The maximum absolute atomic E-state index is 12.7. The second kappa shape index (κ2) is 12.0. The Hall–Kier alpha value is -4.94. The van der Waals surface area contributed by atoms with Crippen molar-refractivity contribution in [1.82, 2.24) is 29.9 Å². The molecule has 0 radical (unpaired) electrons. The van der Waals surface area contributed by atoms with Crippen LogP contribution in [0.3, 0.4) is 0 Å². The Morgan fingerprint density at radius 1 is 0.864 bits per heavy atom. The molecule has 0 amide bonds. The van der Waals surface area contributed by atoms with Crippen molar-refractivity contribution in [2.45, 2.75) is 40.5 Å². The number of nitrogens with zero attached hydrogens (tertiary/aromatic N) is 7. The van der Waals surface area contributed by atoms with Crippen LogP contribution in [0.4, 0.5) is 5.69 Å². The number of ketones is 2. The minimum Gasteiger partial charge on any atom is -0.372 e. The van der Waals surface area contributed by atoms with Crippen molar-refractivity contribution in [2.75, 3.05) is 18.0 Å². The quantitative estimate of drug-likeness (QED) is 0.197. The number of nitrogens with one attached hydrogen (secondary N) is 2. The van der Waals surface area contributed by atoms with E-state index in [1.807, 2.05) is 18.2 Å². The van der Waals surface area contributed by atoms with Crippen LogP contribution in [-0.2, 0) is 0 Å². The van der Waals surface area contributed by atoms with Crippen molar-refractivity contribution in [3.05, 3.63) is 64.8 Å². The number of carbonyl (C=O) groups is 2. The van der Waals surface area contributed by atoms with E-state index < -0.39 is 10.8 Å². The number of halogens is 1. The molecule has 0 bridgehead atoms. The number of rotatable bonds is 6. The third-order valence-electron chi connectivity index (χ3n) is 7.53. The fourth-order valence-corrected chi connectivity index (χ4v) is 5.14. The smallest absolute Gasteiger partial charge is 0.186 e. The van der Waals surface area contributed by atoms with Gasteiger partial charge in [0, 0.05) is 36.7 Å². The number of hydrogen-bond donors (Lipinski definition) is 2. The zero-order chi connectivity index (χ0) is 31.6. The van der Waals surface area contributed by atoms with E-state index in [2.05, 4.69) is 64.0 Å². The molecule has 1 aliphatic heterocycles. The lowest BCUT2D eigenvalue weighted by Gasteiger charge is -2.18. The Bertz CT molecular complexity index is 1970. The zero-order valence-corrected chi connectivity index (χ0v) is 26.4.